The van der Waals surface area contributed by atoms with Crippen molar-refractivity contribution in [3.8, 4) is 5.88 Å². The largest absolute Gasteiger partial charge is 0.574 e. The van der Waals surface area contributed by atoms with E-state index in [0.29, 0.717) is 31.0 Å². The van der Waals surface area contributed by atoms with E-state index in [1.54, 1.807) is 0 Å². The Balaban J connectivity index is 2.07. The number of pyridine rings is 1. The van der Waals surface area contributed by atoms with Crippen LogP contribution in [0.15, 0.2) is 37.1 Å². The molecule has 1 saturated heterocycles. The molecule has 2 atom stereocenters. The summed E-state index contributed by atoms with van der Waals surface area (Å²) in [7, 11) is 0. The number of anilines is 1. The molecule has 1 N–H and O–H groups in total. The number of aromatic nitrogens is 3. The molecule has 9 nitrogen and oxygen atoms in total. The molecule has 0 spiro atoms. The summed E-state index contributed by atoms with van der Waals surface area (Å²) in [5.41, 5.74) is -4.65. The van der Waals surface area contributed by atoms with Gasteiger partial charge in [-0.15, -0.1) is 13.2 Å². The van der Waals surface area contributed by atoms with Crippen LogP contribution < -0.4 is 15.0 Å². The highest BCUT2D eigenvalue weighted by atomic mass is 35.5. The smallest absolute Gasteiger partial charge is 0.388 e. The van der Waals surface area contributed by atoms with Crippen molar-refractivity contribution in [1.82, 2.24) is 20.3 Å². The van der Waals surface area contributed by atoms with Gasteiger partial charge in [0.05, 0.1) is 11.9 Å². The van der Waals surface area contributed by atoms with Gasteiger partial charge >= 0.3 is 6.36 Å². The SMILES string of the molecule is C[C@](C(=O)NC1CCOCC1)(c1cncnc1)N(C(=O)[C@H](F)Cl)c1ccc(OC(F)(F)F)nc1. The van der Waals surface area contributed by atoms with Gasteiger partial charge in [0, 0.05) is 43.3 Å². The van der Waals surface area contributed by atoms with E-state index < -0.39 is 35.2 Å². The van der Waals surface area contributed by atoms with Gasteiger partial charge in [0.2, 0.25) is 5.88 Å². The number of carbonyl (C=O) groups is 2. The fraction of sp³-hybridized carbons (Fsp3) is 0.450. The first-order valence-electron chi connectivity index (χ1n) is 10.0. The molecule has 0 unspecified atom stereocenters. The molecule has 3 heterocycles. The average molecular weight is 506 g/mol. The summed E-state index contributed by atoms with van der Waals surface area (Å²) in [4.78, 5) is 38.5. The van der Waals surface area contributed by atoms with Crippen molar-refractivity contribution in [3.63, 3.8) is 0 Å². The van der Waals surface area contributed by atoms with Crippen molar-refractivity contribution in [3.05, 3.63) is 42.6 Å². The second-order valence-electron chi connectivity index (χ2n) is 7.44. The molecule has 0 bridgehead atoms. The number of hydrogen-bond donors (Lipinski definition) is 1. The van der Waals surface area contributed by atoms with Gasteiger partial charge in [-0.1, -0.05) is 11.6 Å². The number of rotatable bonds is 7. The zero-order valence-electron chi connectivity index (χ0n) is 17.8. The summed E-state index contributed by atoms with van der Waals surface area (Å²) in [6.45, 7) is 2.15. The number of amides is 2. The predicted octanol–water partition coefficient (Wildman–Crippen LogP) is 2.85. The Morgan fingerprint density at radius 3 is 2.38 bits per heavy atom. The van der Waals surface area contributed by atoms with Gasteiger partial charge in [-0.25, -0.2) is 19.3 Å². The van der Waals surface area contributed by atoms with Gasteiger partial charge in [0.25, 0.3) is 17.4 Å². The maximum absolute atomic E-state index is 14.1. The van der Waals surface area contributed by atoms with E-state index in [9.17, 15) is 27.2 Å². The molecule has 3 rings (SSSR count). The highest BCUT2D eigenvalue weighted by Crippen LogP contribution is 2.35. The first kappa shape index (κ1) is 25.6. The van der Waals surface area contributed by atoms with E-state index in [2.05, 4.69) is 25.0 Å². The Labute approximate surface area is 196 Å². The Hall–Kier alpha value is -3.06. The lowest BCUT2D eigenvalue weighted by Crippen LogP contribution is -2.60. The monoisotopic (exact) mass is 505 g/mol. The Morgan fingerprint density at radius 2 is 1.85 bits per heavy atom. The molecule has 1 fully saturated rings. The highest BCUT2D eigenvalue weighted by molar-refractivity contribution is 6.32. The Morgan fingerprint density at radius 1 is 1.21 bits per heavy atom. The summed E-state index contributed by atoms with van der Waals surface area (Å²) in [6, 6.07) is 1.55. The summed E-state index contributed by atoms with van der Waals surface area (Å²) in [5, 5.41) is 2.82. The molecule has 2 amide bonds. The van der Waals surface area contributed by atoms with Gasteiger partial charge in [0.1, 0.15) is 6.33 Å². The Kier molecular flexibility index (Phi) is 7.87. The van der Waals surface area contributed by atoms with E-state index in [4.69, 9.17) is 16.3 Å². The van der Waals surface area contributed by atoms with Crippen LogP contribution in [-0.2, 0) is 19.9 Å². The number of nitrogens with one attached hydrogen (secondary N) is 1. The maximum atomic E-state index is 14.1. The van der Waals surface area contributed by atoms with Crippen molar-refractivity contribution in [1.29, 1.82) is 0 Å². The fourth-order valence-electron chi connectivity index (χ4n) is 3.47. The van der Waals surface area contributed by atoms with E-state index in [1.807, 2.05) is 0 Å². The molecule has 1 aliphatic rings. The molecular formula is C20H20ClF4N5O4. The van der Waals surface area contributed by atoms with Crippen LogP contribution in [0.3, 0.4) is 0 Å². The van der Waals surface area contributed by atoms with Crippen LogP contribution in [0.1, 0.15) is 25.3 Å². The maximum Gasteiger partial charge on any atom is 0.574 e. The van der Waals surface area contributed by atoms with Crippen molar-refractivity contribution >= 4 is 29.1 Å². The van der Waals surface area contributed by atoms with Gasteiger partial charge in [-0.3, -0.25) is 14.5 Å². The summed E-state index contributed by atoms with van der Waals surface area (Å²) in [5.74, 6) is -2.88. The van der Waals surface area contributed by atoms with E-state index in [0.717, 1.165) is 18.3 Å². The van der Waals surface area contributed by atoms with Crippen LogP contribution in [0.2, 0.25) is 0 Å². The lowest BCUT2D eigenvalue weighted by Gasteiger charge is -2.41. The minimum atomic E-state index is -5.00. The standard InChI is InChI=1S/C20H20ClF4N5O4/c1-19(12-8-26-11-27-9-12,18(32)29-13-4-6-33-7-5-13)30(17(31)16(21)22)14-2-3-15(28-10-14)34-20(23,24)25/h2-3,8-11,13,16H,4-7H2,1H3,(H,29,32)/t16-,19+/m0/s1. The Bertz CT molecular complexity index is 991. The average Bonchev–Trinajstić information content (AvgIpc) is 2.80. The van der Waals surface area contributed by atoms with Crippen LogP contribution in [-0.4, -0.2) is 58.0 Å². The van der Waals surface area contributed by atoms with Crippen LogP contribution >= 0.6 is 11.6 Å². The molecule has 184 valence electrons. The second-order valence-corrected chi connectivity index (χ2v) is 7.82. The molecule has 1 aliphatic heterocycles. The van der Waals surface area contributed by atoms with E-state index in [1.165, 1.54) is 25.6 Å². The molecule has 34 heavy (non-hydrogen) atoms. The predicted molar refractivity (Wildman–Crippen MR) is 111 cm³/mol. The molecule has 0 saturated carbocycles. The summed E-state index contributed by atoms with van der Waals surface area (Å²) >= 11 is 5.45. The van der Waals surface area contributed by atoms with Crippen LogP contribution in [0.4, 0.5) is 23.2 Å². The molecule has 14 heteroatoms. The van der Waals surface area contributed by atoms with Gasteiger partial charge < -0.3 is 14.8 Å². The van der Waals surface area contributed by atoms with Gasteiger partial charge in [-0.05, 0) is 25.8 Å². The second kappa shape index (κ2) is 10.5. The van der Waals surface area contributed by atoms with E-state index in [-0.39, 0.29) is 17.3 Å². The van der Waals surface area contributed by atoms with Crippen molar-refractivity contribution in [2.45, 2.75) is 43.3 Å². The van der Waals surface area contributed by atoms with E-state index >= 15 is 0 Å². The fourth-order valence-corrected chi connectivity index (χ4v) is 3.56. The van der Waals surface area contributed by atoms with Crippen molar-refractivity contribution in [2.75, 3.05) is 18.1 Å². The normalized spacial score (nSPS) is 17.4. The first-order valence-corrected chi connectivity index (χ1v) is 10.4. The minimum Gasteiger partial charge on any atom is -0.388 e. The zero-order chi connectivity index (χ0) is 24.9. The molecule has 2 aromatic rings. The van der Waals surface area contributed by atoms with Crippen LogP contribution in [0.25, 0.3) is 0 Å². The van der Waals surface area contributed by atoms with Gasteiger partial charge in [-0.2, -0.15) is 0 Å². The third-order valence-electron chi connectivity index (χ3n) is 5.17. The number of nitrogens with zero attached hydrogens (tertiary/aromatic N) is 4. The molecular weight excluding hydrogens is 486 g/mol. The molecule has 2 aromatic heterocycles. The number of ether oxygens (including phenoxy) is 2. The third-order valence-corrected chi connectivity index (χ3v) is 5.36. The number of hydrogen-bond acceptors (Lipinski definition) is 7. The van der Waals surface area contributed by atoms with Gasteiger partial charge in [0.15, 0.2) is 5.54 Å². The quantitative estimate of drug-likeness (QED) is 0.455. The topological polar surface area (TPSA) is 107 Å². The summed E-state index contributed by atoms with van der Waals surface area (Å²) in [6.07, 6.45) is 0.558. The molecule has 0 radical (unpaired) electrons. The molecule has 0 aliphatic carbocycles. The lowest BCUT2D eigenvalue weighted by atomic mass is 9.89. The number of carbonyl (C=O) groups excluding carboxylic acids is 2. The number of halogens is 5. The lowest BCUT2D eigenvalue weighted by molar-refractivity contribution is -0.276. The minimum absolute atomic E-state index is 0.0980. The summed E-state index contributed by atoms with van der Waals surface area (Å²) < 4.78 is 60.6. The zero-order valence-corrected chi connectivity index (χ0v) is 18.5. The van der Waals surface area contributed by atoms with Crippen LogP contribution in [0, 0.1) is 0 Å². The van der Waals surface area contributed by atoms with Crippen molar-refractivity contribution < 1.29 is 36.6 Å². The molecule has 0 aromatic carbocycles. The third kappa shape index (κ3) is 5.89. The highest BCUT2D eigenvalue weighted by Gasteiger charge is 2.48. The van der Waals surface area contributed by atoms with Crippen LogP contribution in [0.5, 0.6) is 5.88 Å². The number of alkyl halides is 5. The van der Waals surface area contributed by atoms with Crippen molar-refractivity contribution in [2.24, 2.45) is 0 Å². The first-order chi connectivity index (χ1) is 16.0.